The molecule has 1 heterocycles. The molecule has 0 aliphatic heterocycles. The van der Waals surface area contributed by atoms with Gasteiger partial charge in [-0.2, -0.15) is 0 Å². The third-order valence-corrected chi connectivity index (χ3v) is 4.81. The number of amides is 1. The van der Waals surface area contributed by atoms with Gasteiger partial charge >= 0.3 is 0 Å². The van der Waals surface area contributed by atoms with Gasteiger partial charge in [0.05, 0.1) is 5.69 Å². The molecule has 2 aromatic carbocycles. The summed E-state index contributed by atoms with van der Waals surface area (Å²) in [6.07, 6.45) is 3.15. The third kappa shape index (κ3) is 4.35. The van der Waals surface area contributed by atoms with E-state index in [0.29, 0.717) is 10.2 Å². The average Bonchev–Trinajstić information content (AvgIpc) is 3.02. The number of rotatable bonds is 4. The number of benzene rings is 2. The third-order valence-electron chi connectivity index (χ3n) is 3.71. The van der Waals surface area contributed by atoms with Crippen molar-refractivity contribution >= 4 is 40.1 Å². The number of thiazole rings is 1. The zero-order valence-electron chi connectivity index (χ0n) is 13.9. The van der Waals surface area contributed by atoms with Crippen LogP contribution in [0.25, 0.3) is 17.3 Å². The molecule has 126 valence electrons. The molecule has 25 heavy (non-hydrogen) atoms. The van der Waals surface area contributed by atoms with Crippen LogP contribution in [-0.2, 0) is 4.79 Å². The van der Waals surface area contributed by atoms with Crippen molar-refractivity contribution in [3.05, 3.63) is 75.6 Å². The Balaban J connectivity index is 1.71. The number of carbonyl (C=O) groups is 1. The van der Waals surface area contributed by atoms with Gasteiger partial charge in [0.15, 0.2) is 5.13 Å². The van der Waals surface area contributed by atoms with Gasteiger partial charge in [-0.15, -0.1) is 11.3 Å². The summed E-state index contributed by atoms with van der Waals surface area (Å²) in [7, 11) is 0. The van der Waals surface area contributed by atoms with Crippen LogP contribution in [0.15, 0.2) is 53.9 Å². The molecule has 0 spiro atoms. The van der Waals surface area contributed by atoms with E-state index in [-0.39, 0.29) is 5.91 Å². The van der Waals surface area contributed by atoms with Crippen molar-refractivity contribution in [2.75, 3.05) is 5.32 Å². The Kier molecular flexibility index (Phi) is 5.31. The summed E-state index contributed by atoms with van der Waals surface area (Å²) in [6, 6.07) is 13.6. The van der Waals surface area contributed by atoms with Crippen molar-refractivity contribution in [2.45, 2.75) is 13.8 Å². The van der Waals surface area contributed by atoms with Crippen LogP contribution in [0.1, 0.15) is 16.7 Å². The molecular formula is C20H17ClN2OS. The summed E-state index contributed by atoms with van der Waals surface area (Å²) in [5.74, 6) is -0.235. The number of hydrogen-bond donors (Lipinski definition) is 1. The Morgan fingerprint density at radius 1 is 1.20 bits per heavy atom. The normalized spacial score (nSPS) is 11.0. The second-order valence-corrected chi connectivity index (χ2v) is 6.97. The number of halogens is 1. The van der Waals surface area contributed by atoms with Gasteiger partial charge in [0, 0.05) is 22.0 Å². The lowest BCUT2D eigenvalue weighted by atomic mass is 10.0. The van der Waals surface area contributed by atoms with E-state index in [4.69, 9.17) is 11.6 Å². The molecule has 1 N–H and O–H groups in total. The number of anilines is 1. The summed E-state index contributed by atoms with van der Waals surface area (Å²) in [4.78, 5) is 16.6. The number of aryl methyl sites for hydroxylation is 2. The maximum atomic E-state index is 12.1. The Morgan fingerprint density at radius 2 is 2.00 bits per heavy atom. The lowest BCUT2D eigenvalue weighted by Crippen LogP contribution is -2.07. The smallest absolute Gasteiger partial charge is 0.250 e. The topological polar surface area (TPSA) is 42.0 Å². The molecule has 0 saturated heterocycles. The number of nitrogens with zero attached hydrogens (tertiary/aromatic N) is 1. The zero-order chi connectivity index (χ0) is 17.8. The lowest BCUT2D eigenvalue weighted by Gasteiger charge is -2.03. The van der Waals surface area contributed by atoms with Crippen LogP contribution in [0.3, 0.4) is 0 Å². The highest BCUT2D eigenvalue weighted by molar-refractivity contribution is 7.14. The molecule has 1 aromatic heterocycles. The largest absolute Gasteiger partial charge is 0.298 e. The number of nitrogens with one attached hydrogen (secondary N) is 1. The first-order valence-corrected chi connectivity index (χ1v) is 9.05. The van der Waals surface area contributed by atoms with Gasteiger partial charge < -0.3 is 0 Å². The molecule has 3 nitrogen and oxygen atoms in total. The van der Waals surface area contributed by atoms with Crippen molar-refractivity contribution in [3.63, 3.8) is 0 Å². The summed E-state index contributed by atoms with van der Waals surface area (Å²) < 4.78 is 0. The Labute approximate surface area is 156 Å². The first-order chi connectivity index (χ1) is 12.0. The molecule has 0 unspecified atom stereocenters. The van der Waals surface area contributed by atoms with E-state index in [9.17, 15) is 4.79 Å². The minimum absolute atomic E-state index is 0.235. The maximum absolute atomic E-state index is 12.1. The van der Waals surface area contributed by atoms with Crippen molar-refractivity contribution < 1.29 is 4.79 Å². The second kappa shape index (κ2) is 7.64. The van der Waals surface area contributed by atoms with E-state index in [1.165, 1.54) is 28.5 Å². The van der Waals surface area contributed by atoms with E-state index in [0.717, 1.165) is 16.8 Å². The van der Waals surface area contributed by atoms with Gasteiger partial charge in [-0.25, -0.2) is 4.98 Å². The monoisotopic (exact) mass is 368 g/mol. The van der Waals surface area contributed by atoms with E-state index in [1.54, 1.807) is 12.1 Å². The van der Waals surface area contributed by atoms with Crippen LogP contribution in [0.5, 0.6) is 0 Å². The predicted octanol–water partition coefficient (Wildman–Crippen LogP) is 5.73. The van der Waals surface area contributed by atoms with Crippen molar-refractivity contribution in [2.24, 2.45) is 0 Å². The van der Waals surface area contributed by atoms with E-state index in [1.807, 2.05) is 23.6 Å². The van der Waals surface area contributed by atoms with Gasteiger partial charge in [-0.3, -0.25) is 10.1 Å². The summed E-state index contributed by atoms with van der Waals surface area (Å²) in [5.41, 5.74) is 5.13. The van der Waals surface area contributed by atoms with Crippen molar-refractivity contribution in [3.8, 4) is 11.3 Å². The molecule has 5 heteroatoms. The fraction of sp³-hybridized carbons (Fsp3) is 0.100. The van der Waals surface area contributed by atoms with E-state index in [2.05, 4.69) is 42.3 Å². The Hall–Kier alpha value is -2.43. The molecule has 0 atom stereocenters. The van der Waals surface area contributed by atoms with Gasteiger partial charge in [0.25, 0.3) is 0 Å². The zero-order valence-corrected chi connectivity index (χ0v) is 15.5. The van der Waals surface area contributed by atoms with Crippen molar-refractivity contribution in [1.29, 1.82) is 0 Å². The van der Waals surface area contributed by atoms with Gasteiger partial charge in [-0.1, -0.05) is 53.6 Å². The minimum atomic E-state index is -0.235. The highest BCUT2D eigenvalue weighted by atomic mass is 35.5. The van der Waals surface area contributed by atoms with Crippen LogP contribution in [0.4, 0.5) is 5.13 Å². The fourth-order valence-corrected chi connectivity index (χ4v) is 3.39. The fourth-order valence-electron chi connectivity index (χ4n) is 2.48. The SMILES string of the molecule is Cc1ccc(-c2csc(NC(=O)C=Cc3ccccc3Cl)n2)c(C)c1. The average molecular weight is 369 g/mol. The molecule has 0 fully saturated rings. The first kappa shape index (κ1) is 17.4. The lowest BCUT2D eigenvalue weighted by molar-refractivity contribution is -0.111. The Bertz CT molecular complexity index is 946. The van der Waals surface area contributed by atoms with Crippen LogP contribution in [-0.4, -0.2) is 10.9 Å². The van der Waals surface area contributed by atoms with Gasteiger partial charge in [0.2, 0.25) is 5.91 Å². The van der Waals surface area contributed by atoms with Gasteiger partial charge in [0.1, 0.15) is 0 Å². The molecule has 0 radical (unpaired) electrons. The molecule has 0 aliphatic rings. The summed E-state index contributed by atoms with van der Waals surface area (Å²) in [6.45, 7) is 4.13. The molecule has 0 saturated carbocycles. The summed E-state index contributed by atoms with van der Waals surface area (Å²) in [5, 5.41) is 5.92. The highest BCUT2D eigenvalue weighted by Crippen LogP contribution is 2.28. The first-order valence-electron chi connectivity index (χ1n) is 7.79. The molecule has 0 bridgehead atoms. The van der Waals surface area contributed by atoms with Gasteiger partial charge in [-0.05, 0) is 37.1 Å². The molecular weight excluding hydrogens is 352 g/mol. The van der Waals surface area contributed by atoms with Crippen LogP contribution in [0.2, 0.25) is 5.02 Å². The second-order valence-electron chi connectivity index (χ2n) is 5.70. The van der Waals surface area contributed by atoms with E-state index < -0.39 is 0 Å². The standard InChI is InChI=1S/C20H17ClN2OS/c1-13-7-9-16(14(2)11-13)18-12-25-20(22-18)23-19(24)10-8-15-5-3-4-6-17(15)21/h3-12H,1-2H3,(H,22,23,24). The molecule has 3 aromatic rings. The van der Waals surface area contributed by atoms with Crippen LogP contribution in [0, 0.1) is 13.8 Å². The number of aromatic nitrogens is 1. The summed E-state index contributed by atoms with van der Waals surface area (Å²) >= 11 is 7.48. The number of carbonyl (C=O) groups excluding carboxylic acids is 1. The van der Waals surface area contributed by atoms with Crippen LogP contribution >= 0.6 is 22.9 Å². The minimum Gasteiger partial charge on any atom is -0.298 e. The van der Waals surface area contributed by atoms with E-state index >= 15 is 0 Å². The Morgan fingerprint density at radius 3 is 2.76 bits per heavy atom. The predicted molar refractivity (Wildman–Crippen MR) is 106 cm³/mol. The van der Waals surface area contributed by atoms with Crippen LogP contribution < -0.4 is 5.32 Å². The quantitative estimate of drug-likeness (QED) is 0.597. The maximum Gasteiger partial charge on any atom is 0.250 e. The highest BCUT2D eigenvalue weighted by Gasteiger charge is 2.08. The number of hydrogen-bond acceptors (Lipinski definition) is 3. The molecule has 1 amide bonds. The molecule has 3 rings (SSSR count). The van der Waals surface area contributed by atoms with Crippen molar-refractivity contribution in [1.82, 2.24) is 4.98 Å². The molecule has 0 aliphatic carbocycles.